The van der Waals surface area contributed by atoms with E-state index in [-0.39, 0.29) is 13.1 Å². The molecule has 2 rings (SSSR count). The molecule has 1 aliphatic heterocycles. The molecule has 1 heterocycles. The van der Waals surface area contributed by atoms with Crippen molar-refractivity contribution in [3.05, 3.63) is 41.2 Å². The summed E-state index contributed by atoms with van der Waals surface area (Å²) < 4.78 is 44.3. The van der Waals surface area contributed by atoms with E-state index in [1.54, 1.807) is 45.0 Å². The summed E-state index contributed by atoms with van der Waals surface area (Å²) in [6.07, 6.45) is -1.48. The number of rotatable bonds is 3. The van der Waals surface area contributed by atoms with Gasteiger partial charge in [-0.15, -0.1) is 0 Å². The van der Waals surface area contributed by atoms with Crippen LogP contribution in [-0.2, 0) is 4.74 Å². The van der Waals surface area contributed by atoms with Crippen molar-refractivity contribution in [3.8, 4) is 0 Å². The maximum absolute atomic E-state index is 13.0. The quantitative estimate of drug-likeness (QED) is 0.564. The zero-order valence-corrected chi connectivity index (χ0v) is 14.5. The topological polar surface area (TPSA) is 33.9 Å². The second kappa shape index (κ2) is 6.99. The molecule has 1 fully saturated rings. The van der Waals surface area contributed by atoms with Crippen LogP contribution in [-0.4, -0.2) is 36.7 Å². The largest absolute Gasteiger partial charge is 0.478 e. The van der Waals surface area contributed by atoms with Gasteiger partial charge in [0, 0.05) is 19.0 Å². The summed E-state index contributed by atoms with van der Waals surface area (Å²) in [6, 6.07) is 6.53. The summed E-state index contributed by atoms with van der Waals surface area (Å²) in [5, 5.41) is 0. The van der Waals surface area contributed by atoms with Crippen LogP contribution >= 0.6 is 0 Å². The Morgan fingerprint density at radius 2 is 1.88 bits per heavy atom. The summed E-state index contributed by atoms with van der Waals surface area (Å²) in [5.41, 5.74) is 0.446. The fourth-order valence-corrected chi connectivity index (χ4v) is 3.10. The molecule has 1 aliphatic rings. The molecule has 0 bridgehead atoms. The van der Waals surface area contributed by atoms with Gasteiger partial charge in [-0.3, -0.25) is 0 Å². The van der Waals surface area contributed by atoms with E-state index < -0.39 is 36.8 Å². The van der Waals surface area contributed by atoms with Crippen molar-refractivity contribution >= 4 is 18.8 Å². The Morgan fingerprint density at radius 3 is 2.36 bits per heavy atom. The van der Waals surface area contributed by atoms with Crippen LogP contribution in [0.5, 0.6) is 0 Å². The second-order valence-electron chi connectivity index (χ2n) is 7.40. The number of hydrogen-bond donors (Lipinski definition) is 0. The molecule has 1 amide bonds. The highest BCUT2D eigenvalue weighted by Crippen LogP contribution is 2.39. The highest BCUT2D eigenvalue weighted by atomic mass is 19.4. The Morgan fingerprint density at radius 1 is 1.28 bits per heavy atom. The normalized spacial score (nSPS) is 21.1. The lowest BCUT2D eigenvalue weighted by atomic mass is 9.73. The van der Waals surface area contributed by atoms with Crippen LogP contribution in [0.25, 0.3) is 4.85 Å². The van der Waals surface area contributed by atoms with Gasteiger partial charge in [0.05, 0.1) is 6.57 Å². The average Bonchev–Trinajstić information content (AvgIpc) is 2.87. The van der Waals surface area contributed by atoms with E-state index in [2.05, 4.69) is 4.85 Å². The van der Waals surface area contributed by atoms with Crippen LogP contribution in [0, 0.1) is 12.5 Å². The molecule has 0 radical (unpaired) electrons. The Balaban J connectivity index is 2.21. The Bertz CT molecular complexity index is 662. The first kappa shape index (κ1) is 19.2. The number of halogens is 3. The molecule has 1 aromatic carbocycles. The Hall–Kier alpha value is -2.17. The van der Waals surface area contributed by atoms with Gasteiger partial charge in [-0.25, -0.2) is 9.64 Å². The Kier molecular flexibility index (Phi) is 5.35. The number of likely N-dealkylation sites (tertiary alicyclic amines) is 1. The van der Waals surface area contributed by atoms with Crippen molar-refractivity contribution in [1.29, 1.82) is 0 Å². The predicted molar refractivity (Wildman–Crippen MR) is 90.6 cm³/mol. The number of nitrogens with zero attached hydrogens (tertiary/aromatic N) is 2. The molecule has 0 saturated carbocycles. The molecule has 4 nitrogen and oxygen atoms in total. The minimum atomic E-state index is -4.96. The van der Waals surface area contributed by atoms with Gasteiger partial charge in [-0.2, -0.15) is 0 Å². The highest BCUT2D eigenvalue weighted by molar-refractivity contribution is 6.58. The van der Waals surface area contributed by atoms with Gasteiger partial charge in [0.25, 0.3) is 0 Å². The van der Waals surface area contributed by atoms with Gasteiger partial charge < -0.3 is 22.6 Å². The number of carbonyl (C=O) groups excluding carboxylic acids is 1. The maximum atomic E-state index is 13.0. The summed E-state index contributed by atoms with van der Waals surface area (Å²) >= 11 is 0. The van der Waals surface area contributed by atoms with Crippen molar-refractivity contribution in [1.82, 2.24) is 4.90 Å². The molecule has 0 N–H and O–H groups in total. The van der Waals surface area contributed by atoms with E-state index in [0.717, 1.165) is 0 Å². The number of benzene rings is 1. The lowest BCUT2D eigenvalue weighted by molar-refractivity contribution is 0.0287. The predicted octanol–water partition coefficient (Wildman–Crippen LogP) is 5.04. The van der Waals surface area contributed by atoms with E-state index >= 15 is 0 Å². The lowest BCUT2D eigenvalue weighted by Gasteiger charge is -2.25. The van der Waals surface area contributed by atoms with E-state index in [0.29, 0.717) is 11.3 Å². The molecular weight excluding hydrogens is 332 g/mol. The smallest absolute Gasteiger partial charge is 0.449 e. The SMILES string of the molecule is [C-]#[N+]c1ccc(C2CN(C(=O)OC(C)(C)C)C[C@H]2C[B-](F)(F)F)cc1. The van der Waals surface area contributed by atoms with Crippen molar-refractivity contribution < 1.29 is 22.5 Å². The molecule has 1 saturated heterocycles. The molecule has 0 spiro atoms. The van der Waals surface area contributed by atoms with Crippen molar-refractivity contribution in [2.75, 3.05) is 13.1 Å². The third-order valence-electron chi connectivity index (χ3n) is 4.11. The standard InChI is InChI=1S/C17H21BF3N2O2/c1-17(2,3)25-16(24)23-10-13(9-18(19,20)21)15(11-23)12-5-7-14(22-4)8-6-12/h5-8,13,15H,9-11H2,1-3H3/q-1/t13-,15?/m1/s1. The fourth-order valence-electron chi connectivity index (χ4n) is 3.10. The van der Waals surface area contributed by atoms with Crippen molar-refractivity contribution in [3.63, 3.8) is 0 Å². The summed E-state index contributed by atoms with van der Waals surface area (Å²) in [5.74, 6) is -1.12. The summed E-state index contributed by atoms with van der Waals surface area (Å²) in [7, 11) is 0. The number of hydrogen-bond acceptors (Lipinski definition) is 2. The summed E-state index contributed by atoms with van der Waals surface area (Å²) in [6.45, 7) is 7.37. The van der Waals surface area contributed by atoms with Crippen LogP contribution in [0.3, 0.4) is 0 Å². The van der Waals surface area contributed by atoms with E-state index in [4.69, 9.17) is 11.3 Å². The molecule has 25 heavy (non-hydrogen) atoms. The zero-order valence-electron chi connectivity index (χ0n) is 14.5. The van der Waals surface area contributed by atoms with Crippen LogP contribution in [0.15, 0.2) is 24.3 Å². The molecular formula is C17H21BF3N2O2-. The molecule has 1 aromatic rings. The molecule has 0 aliphatic carbocycles. The number of amides is 1. The molecule has 136 valence electrons. The summed E-state index contributed by atoms with van der Waals surface area (Å²) in [4.78, 5) is 16.9. The number of ether oxygens (including phenoxy) is 1. The minimum absolute atomic E-state index is 0.0193. The molecule has 8 heteroatoms. The average molecular weight is 353 g/mol. The monoisotopic (exact) mass is 353 g/mol. The van der Waals surface area contributed by atoms with Crippen LogP contribution in [0.1, 0.15) is 32.3 Å². The molecule has 1 unspecified atom stereocenters. The van der Waals surface area contributed by atoms with Gasteiger partial charge >= 0.3 is 13.1 Å². The van der Waals surface area contributed by atoms with E-state index in [9.17, 15) is 17.7 Å². The highest BCUT2D eigenvalue weighted by Gasteiger charge is 2.41. The fraction of sp³-hybridized carbons (Fsp3) is 0.529. The third-order valence-corrected chi connectivity index (χ3v) is 4.11. The van der Waals surface area contributed by atoms with Crippen LogP contribution in [0.2, 0.25) is 6.32 Å². The van der Waals surface area contributed by atoms with E-state index in [1.807, 2.05) is 0 Å². The van der Waals surface area contributed by atoms with Crippen molar-refractivity contribution in [2.24, 2.45) is 5.92 Å². The van der Waals surface area contributed by atoms with Gasteiger partial charge in [0.1, 0.15) is 5.60 Å². The molecule has 0 aromatic heterocycles. The molecule has 2 atom stereocenters. The first-order chi connectivity index (χ1) is 11.5. The second-order valence-corrected chi connectivity index (χ2v) is 7.40. The minimum Gasteiger partial charge on any atom is -0.449 e. The zero-order chi connectivity index (χ0) is 18.8. The third kappa shape index (κ3) is 5.41. The number of carbonyl (C=O) groups is 1. The van der Waals surface area contributed by atoms with Crippen LogP contribution < -0.4 is 0 Å². The van der Waals surface area contributed by atoms with E-state index in [1.165, 1.54) is 4.90 Å². The Labute approximate surface area is 145 Å². The van der Waals surface area contributed by atoms with Gasteiger partial charge in [-0.1, -0.05) is 30.6 Å². The van der Waals surface area contributed by atoms with Gasteiger partial charge in [0.15, 0.2) is 5.69 Å². The van der Waals surface area contributed by atoms with Gasteiger partial charge in [0.2, 0.25) is 0 Å². The van der Waals surface area contributed by atoms with Crippen molar-refractivity contribution in [2.45, 2.75) is 38.6 Å². The first-order valence-electron chi connectivity index (χ1n) is 8.15. The van der Waals surface area contributed by atoms with Gasteiger partial charge in [-0.05, 0) is 32.3 Å². The lowest BCUT2D eigenvalue weighted by Crippen LogP contribution is -2.35. The first-order valence-corrected chi connectivity index (χ1v) is 8.15. The maximum Gasteiger partial charge on any atom is 0.478 e. The van der Waals surface area contributed by atoms with Crippen LogP contribution in [0.4, 0.5) is 23.4 Å².